The summed E-state index contributed by atoms with van der Waals surface area (Å²) in [5, 5.41) is 13.1. The Labute approximate surface area is 75.3 Å². The Bertz CT molecular complexity index is 287. The second kappa shape index (κ2) is 2.35. The van der Waals surface area contributed by atoms with Gasteiger partial charge in [0, 0.05) is 0 Å². The molecular weight excluding hydrogens is 174 g/mol. The highest BCUT2D eigenvalue weighted by atomic mass is 16.6. The van der Waals surface area contributed by atoms with Crippen LogP contribution in [0, 0.1) is 10.1 Å². The zero-order valence-corrected chi connectivity index (χ0v) is 7.48. The number of fused-ring (bicyclic) bond motifs is 1. The van der Waals surface area contributed by atoms with E-state index in [0.29, 0.717) is 6.54 Å². The van der Waals surface area contributed by atoms with Crippen LogP contribution in [0.2, 0.25) is 0 Å². The van der Waals surface area contributed by atoms with Crippen LogP contribution < -0.4 is 5.32 Å². The van der Waals surface area contributed by atoms with E-state index in [4.69, 9.17) is 4.74 Å². The van der Waals surface area contributed by atoms with E-state index in [-0.39, 0.29) is 17.8 Å². The molecule has 0 saturated carbocycles. The first-order valence-electron chi connectivity index (χ1n) is 4.04. The normalized spacial score (nSPS) is 29.5. The Morgan fingerprint density at radius 1 is 1.85 bits per heavy atom. The minimum absolute atomic E-state index is 0.000463. The molecule has 6 nitrogen and oxygen atoms in total. The van der Waals surface area contributed by atoms with Gasteiger partial charge in [-0.25, -0.2) is 5.32 Å². The lowest BCUT2D eigenvalue weighted by Gasteiger charge is -2.14. The standard InChI is InChI=1S/C7H11N3O3/c1-7(2)4-9-3-5(10(11)12)8-6(9)13-7/h3,6,8H,4H2,1-2H3. The van der Waals surface area contributed by atoms with Crippen LogP contribution >= 0.6 is 0 Å². The lowest BCUT2D eigenvalue weighted by molar-refractivity contribution is -0.432. The van der Waals surface area contributed by atoms with E-state index >= 15 is 0 Å². The van der Waals surface area contributed by atoms with E-state index < -0.39 is 4.92 Å². The molecule has 2 aliphatic rings. The van der Waals surface area contributed by atoms with Gasteiger partial charge in [0.05, 0.1) is 18.3 Å². The molecule has 1 N–H and O–H groups in total. The van der Waals surface area contributed by atoms with Gasteiger partial charge in [0.15, 0.2) is 0 Å². The number of nitrogens with zero attached hydrogens (tertiary/aromatic N) is 2. The Hall–Kier alpha value is -1.30. The van der Waals surface area contributed by atoms with Gasteiger partial charge in [-0.1, -0.05) is 0 Å². The van der Waals surface area contributed by atoms with Crippen molar-refractivity contribution in [3.8, 4) is 0 Å². The summed E-state index contributed by atoms with van der Waals surface area (Å²) in [4.78, 5) is 11.7. The molecule has 2 heterocycles. The summed E-state index contributed by atoms with van der Waals surface area (Å²) in [5.41, 5.74) is -0.240. The largest absolute Gasteiger partial charge is 0.358 e. The van der Waals surface area contributed by atoms with E-state index in [2.05, 4.69) is 5.32 Å². The maximum absolute atomic E-state index is 10.4. The molecule has 2 rings (SSSR count). The molecular formula is C7H11N3O3. The van der Waals surface area contributed by atoms with Crippen LogP contribution in [0.5, 0.6) is 0 Å². The second-order valence-electron chi connectivity index (χ2n) is 3.82. The van der Waals surface area contributed by atoms with Crippen molar-refractivity contribution in [3.05, 3.63) is 22.1 Å². The summed E-state index contributed by atoms with van der Waals surface area (Å²) in [5.74, 6) is 0.000463. The van der Waals surface area contributed by atoms with Gasteiger partial charge in [-0.15, -0.1) is 0 Å². The highest BCUT2D eigenvalue weighted by Crippen LogP contribution is 2.28. The van der Waals surface area contributed by atoms with Crippen molar-refractivity contribution in [3.63, 3.8) is 0 Å². The van der Waals surface area contributed by atoms with Crippen LogP contribution in [0.3, 0.4) is 0 Å². The number of rotatable bonds is 1. The Morgan fingerprint density at radius 3 is 3.08 bits per heavy atom. The molecule has 0 aromatic carbocycles. The summed E-state index contributed by atoms with van der Waals surface area (Å²) in [6.45, 7) is 4.57. The predicted octanol–water partition coefficient (Wildman–Crippen LogP) is 0.0596. The maximum atomic E-state index is 10.4. The number of hydrogen-bond acceptors (Lipinski definition) is 5. The van der Waals surface area contributed by atoms with Crippen molar-refractivity contribution in [1.82, 2.24) is 10.2 Å². The first-order chi connectivity index (χ1) is 5.98. The molecule has 13 heavy (non-hydrogen) atoms. The van der Waals surface area contributed by atoms with Crippen molar-refractivity contribution in [2.24, 2.45) is 0 Å². The van der Waals surface area contributed by atoms with E-state index in [1.54, 1.807) is 4.90 Å². The highest BCUT2D eigenvalue weighted by molar-refractivity contribution is 5.03. The van der Waals surface area contributed by atoms with Crippen LogP contribution in [-0.4, -0.2) is 28.3 Å². The molecule has 72 valence electrons. The lowest BCUT2D eigenvalue weighted by Crippen LogP contribution is -2.33. The average Bonchev–Trinajstić information content (AvgIpc) is 2.39. The lowest BCUT2D eigenvalue weighted by atomic mass is 10.1. The SMILES string of the molecule is CC1(C)CN2C=C([N+](=O)[O-])NC2O1. The monoisotopic (exact) mass is 185 g/mol. The van der Waals surface area contributed by atoms with E-state index in [9.17, 15) is 10.1 Å². The molecule has 0 spiro atoms. The van der Waals surface area contributed by atoms with Gasteiger partial charge in [0.25, 0.3) is 6.35 Å². The summed E-state index contributed by atoms with van der Waals surface area (Å²) in [7, 11) is 0. The molecule has 0 amide bonds. The number of hydrogen-bond donors (Lipinski definition) is 1. The fraction of sp³-hybridized carbons (Fsp3) is 0.714. The molecule has 1 atom stereocenters. The maximum Gasteiger partial charge on any atom is 0.335 e. The summed E-state index contributed by atoms with van der Waals surface area (Å²) >= 11 is 0. The average molecular weight is 185 g/mol. The molecule has 6 heteroatoms. The third-order valence-electron chi connectivity index (χ3n) is 2.05. The van der Waals surface area contributed by atoms with E-state index in [0.717, 1.165) is 0 Å². The molecule has 1 fully saturated rings. The Kier molecular flexibility index (Phi) is 1.50. The topological polar surface area (TPSA) is 67.6 Å². The molecule has 0 bridgehead atoms. The number of nitro groups is 1. The predicted molar refractivity (Wildman–Crippen MR) is 43.9 cm³/mol. The first kappa shape index (κ1) is 8.31. The summed E-state index contributed by atoms with van der Waals surface area (Å²) in [6, 6.07) is 0. The van der Waals surface area contributed by atoms with Gasteiger partial charge in [-0.05, 0) is 18.8 Å². The molecule has 2 aliphatic heterocycles. The van der Waals surface area contributed by atoms with Crippen molar-refractivity contribution >= 4 is 0 Å². The zero-order valence-electron chi connectivity index (χ0n) is 7.48. The quantitative estimate of drug-likeness (QED) is 0.462. The molecule has 1 saturated heterocycles. The fourth-order valence-electron chi connectivity index (χ4n) is 1.58. The minimum atomic E-state index is -0.450. The van der Waals surface area contributed by atoms with E-state index in [1.165, 1.54) is 6.20 Å². The molecule has 0 aromatic rings. The van der Waals surface area contributed by atoms with Gasteiger partial charge in [-0.3, -0.25) is 0 Å². The number of ether oxygens (including phenoxy) is 1. The van der Waals surface area contributed by atoms with Gasteiger partial charge < -0.3 is 19.8 Å². The Morgan fingerprint density at radius 2 is 2.54 bits per heavy atom. The zero-order chi connectivity index (χ0) is 9.64. The molecule has 0 aromatic heterocycles. The Balaban J connectivity index is 2.12. The molecule has 1 unspecified atom stereocenters. The van der Waals surface area contributed by atoms with Gasteiger partial charge in [0.2, 0.25) is 0 Å². The minimum Gasteiger partial charge on any atom is -0.358 e. The third-order valence-corrected chi connectivity index (χ3v) is 2.05. The van der Waals surface area contributed by atoms with Crippen LogP contribution in [0.25, 0.3) is 0 Å². The van der Waals surface area contributed by atoms with Crippen LogP contribution in [0.15, 0.2) is 12.0 Å². The number of nitrogens with one attached hydrogen (secondary N) is 1. The third kappa shape index (κ3) is 1.33. The van der Waals surface area contributed by atoms with Gasteiger partial charge in [0.1, 0.15) is 0 Å². The summed E-state index contributed by atoms with van der Waals surface area (Å²) in [6.07, 6.45) is 1.12. The van der Waals surface area contributed by atoms with Crippen LogP contribution in [0.4, 0.5) is 0 Å². The first-order valence-corrected chi connectivity index (χ1v) is 4.04. The van der Waals surface area contributed by atoms with E-state index in [1.807, 2.05) is 13.8 Å². The van der Waals surface area contributed by atoms with Crippen molar-refractivity contribution in [2.75, 3.05) is 6.54 Å². The molecule has 0 radical (unpaired) electrons. The van der Waals surface area contributed by atoms with Crippen molar-refractivity contribution in [1.29, 1.82) is 0 Å². The van der Waals surface area contributed by atoms with Gasteiger partial charge in [-0.2, -0.15) is 0 Å². The fourth-order valence-corrected chi connectivity index (χ4v) is 1.58. The highest BCUT2D eigenvalue weighted by Gasteiger charge is 2.44. The second-order valence-corrected chi connectivity index (χ2v) is 3.82. The van der Waals surface area contributed by atoms with Gasteiger partial charge >= 0.3 is 5.82 Å². The smallest absolute Gasteiger partial charge is 0.335 e. The van der Waals surface area contributed by atoms with Crippen LogP contribution in [-0.2, 0) is 4.74 Å². The molecule has 0 aliphatic carbocycles. The van der Waals surface area contributed by atoms with Crippen molar-refractivity contribution in [2.45, 2.75) is 25.8 Å². The van der Waals surface area contributed by atoms with Crippen LogP contribution in [0.1, 0.15) is 13.8 Å². The van der Waals surface area contributed by atoms with Crippen molar-refractivity contribution < 1.29 is 9.66 Å². The summed E-state index contributed by atoms with van der Waals surface area (Å²) < 4.78 is 5.51.